The number of Topliss-reactive ketones (excluding diaryl/α,β-unsaturated/α-hetero) is 1. The van der Waals surface area contributed by atoms with Gasteiger partial charge in [-0.05, 0) is 26.2 Å². The second kappa shape index (κ2) is 1.65. The maximum absolute atomic E-state index is 10.4. The molecule has 0 bridgehead atoms. The highest BCUT2D eigenvalue weighted by Gasteiger charge is 2.21. The zero-order valence-corrected chi connectivity index (χ0v) is 4.48. The zero-order valence-electron chi connectivity index (χ0n) is 4.48. The lowest BCUT2D eigenvalue weighted by molar-refractivity contribution is -0.121. The minimum Gasteiger partial charge on any atom is -0.300 e. The van der Waals surface area contributed by atoms with Crippen LogP contribution in [0.1, 0.15) is 19.8 Å². The van der Waals surface area contributed by atoms with E-state index in [9.17, 15) is 4.79 Å². The lowest BCUT2D eigenvalue weighted by Crippen LogP contribution is -2.19. The average Bonchev–Trinajstić information content (AvgIpc) is 1.23. The highest BCUT2D eigenvalue weighted by atomic mass is 16.1. The SMILES string of the molecule is CC(=O)C1C[CH]C1. The van der Waals surface area contributed by atoms with Crippen LogP contribution in [-0.4, -0.2) is 5.78 Å². The molecule has 1 aliphatic rings. The normalized spacial score (nSPS) is 21.3. The first kappa shape index (κ1) is 4.82. The van der Waals surface area contributed by atoms with E-state index in [1.54, 1.807) is 6.92 Å². The molecule has 1 fully saturated rings. The van der Waals surface area contributed by atoms with Crippen molar-refractivity contribution >= 4 is 5.78 Å². The Balaban J connectivity index is 2.27. The van der Waals surface area contributed by atoms with Gasteiger partial charge in [0, 0.05) is 5.92 Å². The predicted molar refractivity (Wildman–Crippen MR) is 27.7 cm³/mol. The van der Waals surface area contributed by atoms with Crippen LogP contribution in [0.5, 0.6) is 0 Å². The first-order valence-corrected chi connectivity index (χ1v) is 2.63. The largest absolute Gasteiger partial charge is 0.300 e. The van der Waals surface area contributed by atoms with Crippen molar-refractivity contribution in [2.75, 3.05) is 0 Å². The van der Waals surface area contributed by atoms with Gasteiger partial charge in [0.15, 0.2) is 0 Å². The smallest absolute Gasteiger partial charge is 0.132 e. The van der Waals surface area contributed by atoms with Gasteiger partial charge in [-0.15, -0.1) is 0 Å². The average molecular weight is 97.1 g/mol. The third-order valence-corrected chi connectivity index (χ3v) is 1.48. The summed E-state index contributed by atoms with van der Waals surface area (Å²) in [5.41, 5.74) is 0. The van der Waals surface area contributed by atoms with Crippen molar-refractivity contribution in [3.63, 3.8) is 0 Å². The minimum atomic E-state index is 0.350. The fraction of sp³-hybridized carbons (Fsp3) is 0.667. The maximum atomic E-state index is 10.4. The van der Waals surface area contributed by atoms with Crippen molar-refractivity contribution in [2.24, 2.45) is 5.92 Å². The fourth-order valence-electron chi connectivity index (χ4n) is 0.665. The summed E-state index contributed by atoms with van der Waals surface area (Å²) in [6.07, 6.45) is 4.19. The van der Waals surface area contributed by atoms with Crippen LogP contribution >= 0.6 is 0 Å². The molecule has 0 amide bonds. The standard InChI is InChI=1S/C6H9O/c1-5(7)6-3-2-4-6/h2,6H,3-4H2,1H3. The third kappa shape index (κ3) is 0.817. The number of hydrogen-bond acceptors (Lipinski definition) is 1. The van der Waals surface area contributed by atoms with E-state index in [1.165, 1.54) is 0 Å². The van der Waals surface area contributed by atoms with Gasteiger partial charge in [-0.2, -0.15) is 0 Å². The molecule has 0 aromatic heterocycles. The quantitative estimate of drug-likeness (QED) is 0.480. The zero-order chi connectivity index (χ0) is 5.28. The number of hydrogen-bond donors (Lipinski definition) is 0. The van der Waals surface area contributed by atoms with E-state index in [2.05, 4.69) is 6.42 Å². The maximum Gasteiger partial charge on any atom is 0.132 e. The summed E-state index contributed by atoms with van der Waals surface area (Å²) in [7, 11) is 0. The van der Waals surface area contributed by atoms with E-state index in [0.717, 1.165) is 12.8 Å². The second-order valence-electron chi connectivity index (χ2n) is 2.07. The highest BCUT2D eigenvalue weighted by molar-refractivity contribution is 5.79. The first-order chi connectivity index (χ1) is 3.30. The molecule has 0 unspecified atom stereocenters. The van der Waals surface area contributed by atoms with Gasteiger partial charge in [0.05, 0.1) is 0 Å². The molecule has 0 heterocycles. The number of carbonyl (C=O) groups excluding carboxylic acids is 1. The summed E-state index contributed by atoms with van der Waals surface area (Å²) >= 11 is 0. The first-order valence-electron chi connectivity index (χ1n) is 2.63. The van der Waals surface area contributed by atoms with Crippen molar-refractivity contribution < 1.29 is 4.79 Å². The molecule has 1 saturated carbocycles. The number of ketones is 1. The van der Waals surface area contributed by atoms with E-state index in [1.807, 2.05) is 0 Å². The second-order valence-corrected chi connectivity index (χ2v) is 2.07. The van der Waals surface area contributed by atoms with Crippen molar-refractivity contribution in [1.82, 2.24) is 0 Å². The summed E-state index contributed by atoms with van der Waals surface area (Å²) in [6, 6.07) is 0. The Labute approximate surface area is 43.7 Å². The monoisotopic (exact) mass is 97.1 g/mol. The van der Waals surface area contributed by atoms with Crippen LogP contribution in [0.15, 0.2) is 0 Å². The molecule has 1 rings (SSSR count). The number of rotatable bonds is 1. The molecule has 7 heavy (non-hydrogen) atoms. The van der Waals surface area contributed by atoms with E-state index in [4.69, 9.17) is 0 Å². The molecule has 0 aliphatic heterocycles. The fourth-order valence-corrected chi connectivity index (χ4v) is 0.665. The van der Waals surface area contributed by atoms with Gasteiger partial charge in [-0.25, -0.2) is 0 Å². The molecular formula is C6H9O. The van der Waals surface area contributed by atoms with E-state index in [-0.39, 0.29) is 0 Å². The van der Waals surface area contributed by atoms with Crippen LogP contribution in [0.4, 0.5) is 0 Å². The van der Waals surface area contributed by atoms with Crippen molar-refractivity contribution in [2.45, 2.75) is 19.8 Å². The van der Waals surface area contributed by atoms with E-state index < -0.39 is 0 Å². The lowest BCUT2D eigenvalue weighted by atomic mass is 9.83. The van der Waals surface area contributed by atoms with Crippen LogP contribution in [0, 0.1) is 12.3 Å². The highest BCUT2D eigenvalue weighted by Crippen LogP contribution is 2.25. The van der Waals surface area contributed by atoms with Crippen LogP contribution in [0.2, 0.25) is 0 Å². The molecule has 1 heteroatoms. The van der Waals surface area contributed by atoms with Crippen molar-refractivity contribution in [3.05, 3.63) is 6.42 Å². The molecule has 0 aromatic carbocycles. The molecule has 0 spiro atoms. The van der Waals surface area contributed by atoms with Gasteiger partial charge in [0.25, 0.3) is 0 Å². The topological polar surface area (TPSA) is 17.1 Å². The molecular weight excluding hydrogens is 88.1 g/mol. The molecule has 0 saturated heterocycles. The molecule has 0 atom stereocenters. The summed E-state index contributed by atoms with van der Waals surface area (Å²) < 4.78 is 0. The summed E-state index contributed by atoms with van der Waals surface area (Å²) in [6.45, 7) is 1.66. The Hall–Kier alpha value is -0.330. The van der Waals surface area contributed by atoms with Gasteiger partial charge < -0.3 is 0 Å². The van der Waals surface area contributed by atoms with Crippen molar-refractivity contribution in [1.29, 1.82) is 0 Å². The molecule has 1 nitrogen and oxygen atoms in total. The van der Waals surface area contributed by atoms with Crippen LogP contribution in [0.3, 0.4) is 0 Å². The molecule has 1 aliphatic carbocycles. The van der Waals surface area contributed by atoms with Gasteiger partial charge >= 0.3 is 0 Å². The molecule has 0 N–H and O–H groups in total. The van der Waals surface area contributed by atoms with Crippen LogP contribution in [-0.2, 0) is 4.79 Å². The molecule has 39 valence electrons. The predicted octanol–water partition coefficient (Wildman–Crippen LogP) is 1.19. The van der Waals surface area contributed by atoms with E-state index >= 15 is 0 Å². The van der Waals surface area contributed by atoms with Crippen molar-refractivity contribution in [3.8, 4) is 0 Å². The lowest BCUT2D eigenvalue weighted by Gasteiger charge is -2.21. The van der Waals surface area contributed by atoms with Crippen LogP contribution < -0.4 is 0 Å². The molecule has 1 radical (unpaired) electrons. The van der Waals surface area contributed by atoms with Gasteiger partial charge in [0.1, 0.15) is 5.78 Å². The Morgan fingerprint density at radius 1 is 1.71 bits per heavy atom. The third-order valence-electron chi connectivity index (χ3n) is 1.48. The van der Waals surface area contributed by atoms with Gasteiger partial charge in [0.2, 0.25) is 0 Å². The summed E-state index contributed by atoms with van der Waals surface area (Å²) in [5, 5.41) is 0. The summed E-state index contributed by atoms with van der Waals surface area (Å²) in [5.74, 6) is 0.738. The Morgan fingerprint density at radius 2 is 2.29 bits per heavy atom. The Bertz CT molecular complexity index is 82.2. The van der Waals surface area contributed by atoms with Crippen LogP contribution in [0.25, 0.3) is 0 Å². The minimum absolute atomic E-state index is 0.350. The van der Waals surface area contributed by atoms with Gasteiger partial charge in [-0.3, -0.25) is 4.79 Å². The molecule has 0 aromatic rings. The number of carbonyl (C=O) groups is 1. The Kier molecular flexibility index (Phi) is 1.13. The Morgan fingerprint density at radius 3 is 2.29 bits per heavy atom. The van der Waals surface area contributed by atoms with Gasteiger partial charge in [-0.1, -0.05) is 0 Å². The van der Waals surface area contributed by atoms with E-state index in [0.29, 0.717) is 11.7 Å². The summed E-state index contributed by atoms with van der Waals surface area (Å²) in [4.78, 5) is 10.4.